The van der Waals surface area contributed by atoms with Crippen LogP contribution in [0, 0.1) is 5.92 Å². The number of nitrogens with zero attached hydrogens (tertiary/aromatic N) is 1. The summed E-state index contributed by atoms with van der Waals surface area (Å²) in [7, 11) is 2.13. The average molecular weight is 200 g/mol. The summed E-state index contributed by atoms with van der Waals surface area (Å²) in [6.07, 6.45) is 2.05. The van der Waals surface area contributed by atoms with Gasteiger partial charge in [0.2, 0.25) is 0 Å². The van der Waals surface area contributed by atoms with E-state index in [-0.39, 0.29) is 6.09 Å². The molecule has 1 fully saturated rings. The van der Waals surface area contributed by atoms with E-state index in [9.17, 15) is 4.79 Å². The highest BCUT2D eigenvalue weighted by Gasteiger charge is 2.17. The van der Waals surface area contributed by atoms with Gasteiger partial charge >= 0.3 is 6.09 Å². The van der Waals surface area contributed by atoms with Gasteiger partial charge in [-0.15, -0.1) is 0 Å². The molecule has 0 radical (unpaired) electrons. The van der Waals surface area contributed by atoms with Gasteiger partial charge in [0.05, 0.1) is 6.61 Å². The number of ether oxygens (including phenoxy) is 1. The van der Waals surface area contributed by atoms with E-state index in [4.69, 9.17) is 4.74 Å². The Kier molecular flexibility index (Phi) is 4.73. The molecule has 0 aromatic heterocycles. The van der Waals surface area contributed by atoms with Crippen LogP contribution in [0.2, 0.25) is 0 Å². The molecule has 1 aliphatic rings. The average Bonchev–Trinajstić information content (AvgIpc) is 2.17. The summed E-state index contributed by atoms with van der Waals surface area (Å²) in [6, 6.07) is 0. The van der Waals surface area contributed by atoms with Crippen molar-refractivity contribution in [3.8, 4) is 0 Å². The Morgan fingerprint density at radius 2 is 2.14 bits per heavy atom. The molecule has 0 atom stereocenters. The SMILES string of the molecule is CCOC(=O)NCC1CCN(C)CC1. The molecule has 1 aliphatic heterocycles. The van der Waals surface area contributed by atoms with Gasteiger partial charge in [-0.05, 0) is 45.8 Å². The number of carbonyl (C=O) groups excluding carboxylic acids is 1. The van der Waals surface area contributed by atoms with Crippen LogP contribution in [0.3, 0.4) is 0 Å². The first-order chi connectivity index (χ1) is 6.72. The molecule has 4 heteroatoms. The number of alkyl carbamates (subject to hydrolysis) is 1. The minimum absolute atomic E-state index is 0.286. The Hall–Kier alpha value is -0.770. The van der Waals surface area contributed by atoms with E-state index in [1.807, 2.05) is 6.92 Å². The Morgan fingerprint density at radius 3 is 2.71 bits per heavy atom. The molecule has 0 aliphatic carbocycles. The number of carbonyl (C=O) groups is 1. The van der Waals surface area contributed by atoms with Crippen LogP contribution in [-0.2, 0) is 4.74 Å². The van der Waals surface area contributed by atoms with Gasteiger partial charge < -0.3 is 15.0 Å². The molecular weight excluding hydrogens is 180 g/mol. The van der Waals surface area contributed by atoms with E-state index in [1.165, 1.54) is 12.8 Å². The van der Waals surface area contributed by atoms with Crippen molar-refractivity contribution in [3.05, 3.63) is 0 Å². The smallest absolute Gasteiger partial charge is 0.407 e. The summed E-state index contributed by atoms with van der Waals surface area (Å²) in [6.45, 7) is 5.28. The summed E-state index contributed by atoms with van der Waals surface area (Å²) in [5, 5.41) is 2.79. The number of amides is 1. The molecule has 0 bridgehead atoms. The molecule has 0 aromatic carbocycles. The number of hydrogen-bond donors (Lipinski definition) is 1. The van der Waals surface area contributed by atoms with E-state index in [1.54, 1.807) is 0 Å². The second-order valence-electron chi connectivity index (χ2n) is 3.85. The Bertz CT molecular complexity index is 177. The van der Waals surface area contributed by atoms with Crippen LogP contribution in [-0.4, -0.2) is 44.3 Å². The molecule has 0 saturated carbocycles. The van der Waals surface area contributed by atoms with Crippen molar-refractivity contribution in [2.75, 3.05) is 33.3 Å². The van der Waals surface area contributed by atoms with Crippen molar-refractivity contribution in [2.45, 2.75) is 19.8 Å². The zero-order valence-electron chi connectivity index (χ0n) is 9.08. The normalized spacial score (nSPS) is 19.3. The Labute approximate surface area is 85.6 Å². The second kappa shape index (κ2) is 5.86. The first-order valence-electron chi connectivity index (χ1n) is 5.31. The van der Waals surface area contributed by atoms with Crippen LogP contribution < -0.4 is 5.32 Å². The lowest BCUT2D eigenvalue weighted by Gasteiger charge is -2.28. The Balaban J connectivity index is 2.09. The Morgan fingerprint density at radius 1 is 1.50 bits per heavy atom. The molecule has 1 heterocycles. The molecule has 14 heavy (non-hydrogen) atoms. The van der Waals surface area contributed by atoms with Gasteiger partial charge in [0.15, 0.2) is 0 Å². The number of hydrogen-bond acceptors (Lipinski definition) is 3. The number of rotatable bonds is 3. The van der Waals surface area contributed by atoms with Crippen molar-refractivity contribution in [3.63, 3.8) is 0 Å². The first-order valence-corrected chi connectivity index (χ1v) is 5.31. The summed E-state index contributed by atoms with van der Waals surface area (Å²) in [4.78, 5) is 13.3. The number of nitrogens with one attached hydrogen (secondary N) is 1. The van der Waals surface area contributed by atoms with E-state index < -0.39 is 0 Å². The van der Waals surface area contributed by atoms with Crippen molar-refractivity contribution >= 4 is 6.09 Å². The molecule has 1 N–H and O–H groups in total. The minimum atomic E-state index is -0.286. The highest BCUT2D eigenvalue weighted by Crippen LogP contribution is 2.14. The van der Waals surface area contributed by atoms with Crippen molar-refractivity contribution in [1.29, 1.82) is 0 Å². The van der Waals surface area contributed by atoms with E-state index in [0.717, 1.165) is 19.6 Å². The first kappa shape index (κ1) is 11.3. The molecule has 1 amide bonds. The molecule has 4 nitrogen and oxygen atoms in total. The van der Waals surface area contributed by atoms with Crippen LogP contribution in [0.15, 0.2) is 0 Å². The van der Waals surface area contributed by atoms with E-state index in [2.05, 4.69) is 17.3 Å². The molecular formula is C10H20N2O2. The van der Waals surface area contributed by atoms with Gasteiger partial charge in [0, 0.05) is 6.54 Å². The zero-order valence-corrected chi connectivity index (χ0v) is 9.08. The monoisotopic (exact) mass is 200 g/mol. The van der Waals surface area contributed by atoms with Gasteiger partial charge in [0.25, 0.3) is 0 Å². The lowest BCUT2D eigenvalue weighted by molar-refractivity contribution is 0.146. The molecule has 0 aromatic rings. The predicted octanol–water partition coefficient (Wildman–Crippen LogP) is 1.07. The van der Waals surface area contributed by atoms with Gasteiger partial charge in [0.1, 0.15) is 0 Å². The lowest BCUT2D eigenvalue weighted by Crippen LogP contribution is -2.37. The van der Waals surface area contributed by atoms with Crippen LogP contribution in [0.4, 0.5) is 4.79 Å². The quantitative estimate of drug-likeness (QED) is 0.741. The third-order valence-corrected chi connectivity index (χ3v) is 2.65. The fraction of sp³-hybridized carbons (Fsp3) is 0.900. The highest BCUT2D eigenvalue weighted by molar-refractivity contribution is 5.66. The largest absolute Gasteiger partial charge is 0.450 e. The molecule has 0 unspecified atom stereocenters. The molecule has 1 rings (SSSR count). The van der Waals surface area contributed by atoms with Gasteiger partial charge in [-0.1, -0.05) is 0 Å². The maximum absolute atomic E-state index is 11.0. The lowest BCUT2D eigenvalue weighted by atomic mass is 9.97. The van der Waals surface area contributed by atoms with Crippen molar-refractivity contribution in [1.82, 2.24) is 10.2 Å². The third-order valence-electron chi connectivity index (χ3n) is 2.65. The molecule has 82 valence electrons. The van der Waals surface area contributed by atoms with Gasteiger partial charge in [-0.25, -0.2) is 4.79 Å². The molecule has 0 spiro atoms. The zero-order chi connectivity index (χ0) is 10.4. The fourth-order valence-electron chi connectivity index (χ4n) is 1.68. The topological polar surface area (TPSA) is 41.6 Å². The van der Waals surface area contributed by atoms with E-state index in [0.29, 0.717) is 12.5 Å². The fourth-order valence-corrected chi connectivity index (χ4v) is 1.68. The van der Waals surface area contributed by atoms with Crippen LogP contribution in [0.5, 0.6) is 0 Å². The minimum Gasteiger partial charge on any atom is -0.450 e. The summed E-state index contributed by atoms with van der Waals surface area (Å²) >= 11 is 0. The second-order valence-corrected chi connectivity index (χ2v) is 3.85. The maximum atomic E-state index is 11.0. The van der Waals surface area contributed by atoms with Crippen LogP contribution in [0.25, 0.3) is 0 Å². The predicted molar refractivity (Wildman–Crippen MR) is 55.2 cm³/mol. The van der Waals surface area contributed by atoms with Crippen molar-refractivity contribution < 1.29 is 9.53 Å². The number of piperidine rings is 1. The maximum Gasteiger partial charge on any atom is 0.407 e. The summed E-state index contributed by atoms with van der Waals surface area (Å²) < 4.78 is 4.79. The van der Waals surface area contributed by atoms with Crippen LogP contribution in [0.1, 0.15) is 19.8 Å². The molecule has 1 saturated heterocycles. The van der Waals surface area contributed by atoms with Gasteiger partial charge in [-0.2, -0.15) is 0 Å². The van der Waals surface area contributed by atoms with Crippen LogP contribution >= 0.6 is 0 Å². The summed E-state index contributed by atoms with van der Waals surface area (Å²) in [5.41, 5.74) is 0. The highest BCUT2D eigenvalue weighted by atomic mass is 16.5. The van der Waals surface area contributed by atoms with Crippen molar-refractivity contribution in [2.24, 2.45) is 5.92 Å². The summed E-state index contributed by atoms with van der Waals surface area (Å²) in [5.74, 6) is 0.621. The standard InChI is InChI=1S/C10H20N2O2/c1-3-14-10(13)11-8-9-4-6-12(2)7-5-9/h9H,3-8H2,1-2H3,(H,11,13). The van der Waals surface area contributed by atoms with Gasteiger partial charge in [-0.3, -0.25) is 0 Å². The number of likely N-dealkylation sites (tertiary alicyclic amines) is 1. The third kappa shape index (κ3) is 3.96. The van der Waals surface area contributed by atoms with E-state index >= 15 is 0 Å².